The largest absolute Gasteiger partial charge is 1.00 e. The molecule has 0 rings (SSSR count). The maximum absolute atomic E-state index is 11.7. The molecule has 0 amide bonds. The summed E-state index contributed by atoms with van der Waals surface area (Å²) in [6.07, 6.45) is 11.4. The summed E-state index contributed by atoms with van der Waals surface area (Å²) in [4.78, 5) is 23.1. The molecule has 5 nitrogen and oxygen atoms in total. The van der Waals surface area contributed by atoms with E-state index in [9.17, 15) is 9.59 Å². The van der Waals surface area contributed by atoms with E-state index in [1.807, 2.05) is 0 Å². The van der Waals surface area contributed by atoms with Crippen LogP contribution in [0.4, 0.5) is 0 Å². The summed E-state index contributed by atoms with van der Waals surface area (Å²) in [7, 11) is 0. The molecular formula is C18H37N2NaO3. The van der Waals surface area contributed by atoms with Gasteiger partial charge < -0.3 is 17.2 Å². The zero-order valence-corrected chi connectivity index (χ0v) is 17.9. The van der Waals surface area contributed by atoms with Gasteiger partial charge >= 0.3 is 35.5 Å². The van der Waals surface area contributed by atoms with Crippen molar-refractivity contribution in [1.29, 1.82) is 0 Å². The van der Waals surface area contributed by atoms with E-state index < -0.39 is 5.97 Å². The number of esters is 1. The average molecular weight is 352 g/mol. The number of hydrogen-bond acceptors (Lipinski definition) is 5. The minimum Gasteiger partial charge on any atom is -1.00 e. The second-order valence-electron chi connectivity index (χ2n) is 6.05. The number of carbonyl (C=O) groups excluding carboxylic acids is 2. The van der Waals surface area contributed by atoms with Gasteiger partial charge in [0.25, 0.3) is 0 Å². The molecular weight excluding hydrogens is 315 g/mol. The Morgan fingerprint density at radius 1 is 0.958 bits per heavy atom. The second-order valence-corrected chi connectivity index (χ2v) is 6.05. The molecule has 0 saturated carbocycles. The minimum atomic E-state index is -0.416. The molecule has 24 heavy (non-hydrogen) atoms. The third kappa shape index (κ3) is 20.1. The van der Waals surface area contributed by atoms with Gasteiger partial charge in [-0.25, -0.2) is 0 Å². The Morgan fingerprint density at radius 2 is 1.54 bits per heavy atom. The Labute approximate surface area is 171 Å². The van der Waals surface area contributed by atoms with Gasteiger partial charge in [-0.3, -0.25) is 9.59 Å². The first kappa shape index (κ1) is 26.3. The number of ether oxygens (including phenoxy) is 1. The molecule has 0 aromatic heterocycles. The smallest absolute Gasteiger partial charge is 1.00 e. The first-order valence-electron chi connectivity index (χ1n) is 9.28. The van der Waals surface area contributed by atoms with Crippen molar-refractivity contribution in [3.05, 3.63) is 0 Å². The number of nitrogens with one attached hydrogen (secondary N) is 1. The van der Waals surface area contributed by atoms with Crippen molar-refractivity contribution in [2.24, 2.45) is 5.73 Å². The van der Waals surface area contributed by atoms with Crippen LogP contribution in [0.25, 0.3) is 0 Å². The average Bonchev–Trinajstić information content (AvgIpc) is 2.53. The number of carbonyl (C=O) groups is 2. The maximum atomic E-state index is 11.7. The van der Waals surface area contributed by atoms with Crippen molar-refractivity contribution in [2.75, 3.05) is 26.2 Å². The summed E-state index contributed by atoms with van der Waals surface area (Å²) in [5, 5.41) is 3.03. The van der Waals surface area contributed by atoms with Crippen LogP contribution < -0.4 is 40.6 Å². The van der Waals surface area contributed by atoms with Crippen molar-refractivity contribution in [3.63, 3.8) is 0 Å². The number of nitrogens with two attached hydrogens (primary N) is 1. The summed E-state index contributed by atoms with van der Waals surface area (Å²) < 4.78 is 4.99. The summed E-state index contributed by atoms with van der Waals surface area (Å²) in [5.74, 6) is -0.423. The van der Waals surface area contributed by atoms with Gasteiger partial charge in [0, 0.05) is 26.1 Å². The molecule has 0 aromatic carbocycles. The number of Topliss-reactive ketones (excluding diaryl/α,β-unsaturated/α-hetero) is 1. The standard InChI is InChI=1S/C18H36N2O3.Na.H/c1-2-3-4-5-6-7-8-9-10-11-17(21)16-18(22)23-15-14-20-13-12-19;;/h20H,2-16,19H2,1H3;;/q;+1;-1. The monoisotopic (exact) mass is 352 g/mol. The van der Waals surface area contributed by atoms with Crippen LogP contribution in [0.1, 0.15) is 79.0 Å². The maximum Gasteiger partial charge on any atom is 1.00 e. The Kier molecular flexibility index (Phi) is 23.1. The fourth-order valence-electron chi connectivity index (χ4n) is 2.40. The topological polar surface area (TPSA) is 81.4 Å². The second kappa shape index (κ2) is 21.1. The normalized spacial score (nSPS) is 10.2. The SMILES string of the molecule is CCCCCCCCCCCC(=O)CC(=O)OCCNCCN.[H-].[Na+]. The van der Waals surface area contributed by atoms with Crippen LogP contribution in [0, 0.1) is 0 Å². The molecule has 0 aliphatic heterocycles. The minimum absolute atomic E-state index is 0. The fourth-order valence-corrected chi connectivity index (χ4v) is 2.40. The van der Waals surface area contributed by atoms with Crippen LogP contribution in [0.3, 0.4) is 0 Å². The molecule has 0 heterocycles. The van der Waals surface area contributed by atoms with Gasteiger partial charge in [0.15, 0.2) is 0 Å². The molecule has 3 N–H and O–H groups in total. The Bertz CT molecular complexity index is 308. The van der Waals surface area contributed by atoms with E-state index in [-0.39, 0.29) is 43.2 Å². The first-order valence-corrected chi connectivity index (χ1v) is 9.28. The first-order chi connectivity index (χ1) is 11.2. The van der Waals surface area contributed by atoms with E-state index in [4.69, 9.17) is 10.5 Å². The van der Waals surface area contributed by atoms with E-state index in [2.05, 4.69) is 12.2 Å². The van der Waals surface area contributed by atoms with Gasteiger partial charge in [0.05, 0.1) is 0 Å². The third-order valence-electron chi connectivity index (χ3n) is 3.76. The molecule has 0 bridgehead atoms. The van der Waals surface area contributed by atoms with Crippen molar-refractivity contribution in [2.45, 2.75) is 77.6 Å². The zero-order valence-electron chi connectivity index (χ0n) is 16.9. The quantitative estimate of drug-likeness (QED) is 0.168. The fraction of sp³-hybridized carbons (Fsp3) is 0.889. The van der Waals surface area contributed by atoms with E-state index >= 15 is 0 Å². The van der Waals surface area contributed by atoms with E-state index in [0.29, 0.717) is 32.7 Å². The van der Waals surface area contributed by atoms with Crippen molar-refractivity contribution in [3.8, 4) is 0 Å². The van der Waals surface area contributed by atoms with Crippen molar-refractivity contribution in [1.82, 2.24) is 5.32 Å². The molecule has 0 aliphatic rings. The van der Waals surface area contributed by atoms with Crippen LogP contribution in [-0.4, -0.2) is 38.0 Å². The molecule has 0 atom stereocenters. The zero-order chi connectivity index (χ0) is 17.2. The van der Waals surface area contributed by atoms with Crippen LogP contribution >= 0.6 is 0 Å². The number of unbranched alkanes of at least 4 members (excludes halogenated alkanes) is 8. The van der Waals surface area contributed by atoms with Gasteiger partial charge in [-0.15, -0.1) is 0 Å². The van der Waals surface area contributed by atoms with Crippen LogP contribution in [0.15, 0.2) is 0 Å². The van der Waals surface area contributed by atoms with E-state index in [1.54, 1.807) is 0 Å². The number of hydrogen-bond donors (Lipinski definition) is 2. The van der Waals surface area contributed by atoms with Gasteiger partial charge in [-0.05, 0) is 6.42 Å². The number of rotatable bonds is 17. The Balaban J connectivity index is -0.00000242. The molecule has 0 aromatic rings. The third-order valence-corrected chi connectivity index (χ3v) is 3.76. The van der Waals surface area contributed by atoms with Crippen LogP contribution in [-0.2, 0) is 14.3 Å². The van der Waals surface area contributed by atoms with E-state index in [1.165, 1.54) is 44.9 Å². The molecule has 0 unspecified atom stereocenters. The molecule has 0 aliphatic carbocycles. The van der Waals surface area contributed by atoms with E-state index in [0.717, 1.165) is 12.8 Å². The van der Waals surface area contributed by atoms with Gasteiger partial charge in [0.2, 0.25) is 0 Å². The number of ketones is 1. The molecule has 6 heteroatoms. The molecule has 138 valence electrons. The summed E-state index contributed by atoms with van der Waals surface area (Å²) in [5.41, 5.74) is 5.33. The molecule has 0 fully saturated rings. The summed E-state index contributed by atoms with van der Waals surface area (Å²) >= 11 is 0. The van der Waals surface area contributed by atoms with Gasteiger partial charge in [-0.1, -0.05) is 58.3 Å². The molecule has 0 saturated heterocycles. The predicted molar refractivity (Wildman–Crippen MR) is 95.5 cm³/mol. The molecule has 0 spiro atoms. The van der Waals surface area contributed by atoms with Gasteiger partial charge in [-0.2, -0.15) is 0 Å². The van der Waals surface area contributed by atoms with Crippen LogP contribution in [0.2, 0.25) is 0 Å². The van der Waals surface area contributed by atoms with Crippen molar-refractivity contribution < 1.29 is 45.3 Å². The van der Waals surface area contributed by atoms with Crippen molar-refractivity contribution >= 4 is 11.8 Å². The Hall–Kier alpha value is 0.0600. The summed E-state index contributed by atoms with van der Waals surface area (Å²) in [6.45, 7) is 4.37. The molecule has 0 radical (unpaired) electrons. The van der Waals surface area contributed by atoms with Gasteiger partial charge in [0.1, 0.15) is 18.8 Å². The summed E-state index contributed by atoms with van der Waals surface area (Å²) in [6, 6.07) is 0. The predicted octanol–water partition coefficient (Wildman–Crippen LogP) is 0.0745. The van der Waals surface area contributed by atoms with Crippen LogP contribution in [0.5, 0.6) is 0 Å². The Morgan fingerprint density at radius 3 is 2.12 bits per heavy atom.